The van der Waals surface area contributed by atoms with Crippen molar-refractivity contribution in [1.29, 1.82) is 5.26 Å². The van der Waals surface area contributed by atoms with E-state index in [9.17, 15) is 0 Å². The number of para-hydroxylation sites is 1. The molecule has 0 aliphatic carbocycles. The van der Waals surface area contributed by atoms with E-state index in [2.05, 4.69) is 6.07 Å². The number of anilines is 1. The maximum atomic E-state index is 8.79. The Hall–Kier alpha value is -1.95. The highest BCUT2D eigenvalue weighted by atomic mass is 15.2. The molecule has 0 bridgehead atoms. The fourth-order valence-corrected chi connectivity index (χ4v) is 1.62. The van der Waals surface area contributed by atoms with Crippen LogP contribution in [0.15, 0.2) is 41.7 Å². The maximum Gasteiger partial charge on any atom is 0.117 e. The van der Waals surface area contributed by atoms with Gasteiger partial charge in [0, 0.05) is 18.7 Å². The second-order valence-corrected chi connectivity index (χ2v) is 3.21. The van der Waals surface area contributed by atoms with Gasteiger partial charge >= 0.3 is 0 Å². The molecule has 0 radical (unpaired) electrons. The smallest absolute Gasteiger partial charge is 0.117 e. The highest BCUT2D eigenvalue weighted by Gasteiger charge is 2.20. The fourth-order valence-electron chi connectivity index (χ4n) is 1.62. The Morgan fingerprint density at radius 1 is 1.29 bits per heavy atom. The van der Waals surface area contributed by atoms with Crippen LogP contribution >= 0.6 is 0 Å². The molecule has 0 atom stereocenters. The lowest BCUT2D eigenvalue weighted by Crippen LogP contribution is -2.23. The summed E-state index contributed by atoms with van der Waals surface area (Å²) < 4.78 is 0. The summed E-state index contributed by atoms with van der Waals surface area (Å²) in [5, 5.41) is 8.79. The molecular formula is C11H11N3. The number of benzene rings is 1. The van der Waals surface area contributed by atoms with Gasteiger partial charge in [-0.3, -0.25) is 0 Å². The molecule has 14 heavy (non-hydrogen) atoms. The van der Waals surface area contributed by atoms with Crippen LogP contribution in [-0.2, 0) is 0 Å². The predicted molar refractivity (Wildman–Crippen MR) is 55.2 cm³/mol. The molecule has 2 rings (SSSR count). The van der Waals surface area contributed by atoms with E-state index in [1.165, 1.54) is 0 Å². The van der Waals surface area contributed by atoms with Crippen molar-refractivity contribution in [3.63, 3.8) is 0 Å². The summed E-state index contributed by atoms with van der Waals surface area (Å²) in [6, 6.07) is 12.0. The van der Waals surface area contributed by atoms with Gasteiger partial charge in [-0.1, -0.05) is 18.2 Å². The van der Waals surface area contributed by atoms with Gasteiger partial charge < -0.3 is 10.6 Å². The molecule has 2 N–H and O–H groups in total. The van der Waals surface area contributed by atoms with Crippen molar-refractivity contribution >= 4 is 5.69 Å². The fraction of sp³-hybridized carbons (Fsp3) is 0.182. The predicted octanol–water partition coefficient (Wildman–Crippen LogP) is 1.59. The molecule has 0 spiro atoms. The second-order valence-electron chi connectivity index (χ2n) is 3.21. The molecular weight excluding hydrogens is 174 g/mol. The Bertz CT molecular complexity index is 400. The Kier molecular flexibility index (Phi) is 2.11. The van der Waals surface area contributed by atoms with Gasteiger partial charge in [0.25, 0.3) is 0 Å². The van der Waals surface area contributed by atoms with Crippen LogP contribution in [0.25, 0.3) is 0 Å². The molecule has 0 saturated carbocycles. The van der Waals surface area contributed by atoms with E-state index in [1.807, 2.05) is 35.2 Å². The van der Waals surface area contributed by atoms with Crippen molar-refractivity contribution in [2.75, 3.05) is 11.4 Å². The van der Waals surface area contributed by atoms with E-state index in [0.29, 0.717) is 11.4 Å². The van der Waals surface area contributed by atoms with Crippen LogP contribution in [0.3, 0.4) is 0 Å². The highest BCUT2D eigenvalue weighted by molar-refractivity contribution is 5.56. The minimum Gasteiger partial charge on any atom is -0.384 e. The summed E-state index contributed by atoms with van der Waals surface area (Å²) in [5.74, 6) is 0.596. The summed E-state index contributed by atoms with van der Waals surface area (Å²) in [7, 11) is 0. The number of hydrogen-bond donors (Lipinski definition) is 1. The second kappa shape index (κ2) is 3.43. The van der Waals surface area contributed by atoms with Crippen molar-refractivity contribution in [2.24, 2.45) is 5.73 Å². The number of nitrogens with two attached hydrogens (primary N) is 1. The standard InChI is InChI=1S/C11H11N3/c12-8-9-6-7-14(11(9)13)10-4-2-1-3-5-10/h1-5H,6-7,13H2. The van der Waals surface area contributed by atoms with E-state index in [0.717, 1.165) is 18.7 Å². The third-order valence-corrected chi connectivity index (χ3v) is 2.39. The highest BCUT2D eigenvalue weighted by Crippen LogP contribution is 2.25. The molecule has 0 unspecified atom stereocenters. The number of nitriles is 1. The van der Waals surface area contributed by atoms with Crippen molar-refractivity contribution < 1.29 is 0 Å². The lowest BCUT2D eigenvalue weighted by molar-refractivity contribution is 0.956. The van der Waals surface area contributed by atoms with E-state index in [4.69, 9.17) is 11.0 Å². The average Bonchev–Trinajstić information content (AvgIpc) is 2.61. The van der Waals surface area contributed by atoms with Crippen LogP contribution in [0.1, 0.15) is 6.42 Å². The molecule has 0 saturated heterocycles. The van der Waals surface area contributed by atoms with Crippen LogP contribution in [-0.4, -0.2) is 6.54 Å². The molecule has 1 aliphatic rings. The lowest BCUT2D eigenvalue weighted by Gasteiger charge is -2.18. The Morgan fingerprint density at radius 3 is 2.57 bits per heavy atom. The average molecular weight is 185 g/mol. The van der Waals surface area contributed by atoms with Gasteiger partial charge in [-0.15, -0.1) is 0 Å². The first-order valence-electron chi connectivity index (χ1n) is 4.54. The van der Waals surface area contributed by atoms with Gasteiger partial charge in [0.15, 0.2) is 0 Å². The molecule has 0 aromatic heterocycles. The summed E-state index contributed by atoms with van der Waals surface area (Å²) >= 11 is 0. The molecule has 1 heterocycles. The molecule has 70 valence electrons. The van der Waals surface area contributed by atoms with Crippen molar-refractivity contribution in [3.05, 3.63) is 41.7 Å². The zero-order chi connectivity index (χ0) is 9.97. The number of rotatable bonds is 1. The summed E-state index contributed by atoms with van der Waals surface area (Å²) in [5.41, 5.74) is 7.59. The lowest BCUT2D eigenvalue weighted by atomic mass is 10.2. The van der Waals surface area contributed by atoms with Crippen LogP contribution in [0, 0.1) is 11.3 Å². The molecule has 0 fully saturated rings. The first-order chi connectivity index (χ1) is 6.83. The molecule has 1 aromatic carbocycles. The Morgan fingerprint density at radius 2 is 2.00 bits per heavy atom. The van der Waals surface area contributed by atoms with Crippen LogP contribution < -0.4 is 10.6 Å². The molecule has 0 amide bonds. The van der Waals surface area contributed by atoms with Crippen molar-refractivity contribution in [3.8, 4) is 6.07 Å². The van der Waals surface area contributed by atoms with E-state index in [-0.39, 0.29) is 0 Å². The molecule has 3 nitrogen and oxygen atoms in total. The van der Waals surface area contributed by atoms with Gasteiger partial charge in [0.2, 0.25) is 0 Å². The van der Waals surface area contributed by atoms with Crippen LogP contribution in [0.4, 0.5) is 5.69 Å². The largest absolute Gasteiger partial charge is 0.384 e. The Balaban J connectivity index is 2.33. The summed E-state index contributed by atoms with van der Waals surface area (Å²) in [4.78, 5) is 1.97. The van der Waals surface area contributed by atoms with Gasteiger partial charge in [0.05, 0.1) is 11.6 Å². The molecule has 1 aromatic rings. The molecule has 1 aliphatic heterocycles. The van der Waals surface area contributed by atoms with E-state index in [1.54, 1.807) is 0 Å². The van der Waals surface area contributed by atoms with E-state index < -0.39 is 0 Å². The summed E-state index contributed by atoms with van der Waals surface area (Å²) in [6.07, 6.45) is 0.747. The quantitative estimate of drug-likeness (QED) is 0.722. The topological polar surface area (TPSA) is 53.1 Å². The van der Waals surface area contributed by atoms with Gasteiger partial charge in [-0.05, 0) is 12.1 Å². The minimum absolute atomic E-state index is 0.596. The number of nitrogens with zero attached hydrogens (tertiary/aromatic N) is 2. The normalized spacial score (nSPS) is 15.8. The maximum absolute atomic E-state index is 8.79. The SMILES string of the molecule is N#CC1=C(N)N(c2ccccc2)CC1. The summed E-state index contributed by atoms with van der Waals surface area (Å²) in [6.45, 7) is 0.804. The van der Waals surface area contributed by atoms with Crippen LogP contribution in [0.5, 0.6) is 0 Å². The van der Waals surface area contributed by atoms with Crippen molar-refractivity contribution in [2.45, 2.75) is 6.42 Å². The van der Waals surface area contributed by atoms with E-state index >= 15 is 0 Å². The zero-order valence-corrected chi connectivity index (χ0v) is 7.77. The van der Waals surface area contributed by atoms with Crippen LogP contribution in [0.2, 0.25) is 0 Å². The monoisotopic (exact) mass is 185 g/mol. The van der Waals surface area contributed by atoms with Gasteiger partial charge in [-0.2, -0.15) is 5.26 Å². The van der Waals surface area contributed by atoms with Crippen molar-refractivity contribution in [1.82, 2.24) is 0 Å². The van der Waals surface area contributed by atoms with Gasteiger partial charge in [-0.25, -0.2) is 0 Å². The number of hydrogen-bond acceptors (Lipinski definition) is 3. The third kappa shape index (κ3) is 1.31. The minimum atomic E-state index is 0.596. The third-order valence-electron chi connectivity index (χ3n) is 2.39. The Labute approximate surface area is 83.1 Å². The first-order valence-corrected chi connectivity index (χ1v) is 4.54. The molecule has 3 heteroatoms. The van der Waals surface area contributed by atoms with Gasteiger partial charge in [0.1, 0.15) is 5.82 Å². The zero-order valence-electron chi connectivity index (χ0n) is 7.77. The first kappa shape index (κ1) is 8.64.